The van der Waals surface area contributed by atoms with E-state index in [0.717, 1.165) is 32.0 Å². The zero-order valence-electron chi connectivity index (χ0n) is 17.3. The summed E-state index contributed by atoms with van der Waals surface area (Å²) >= 11 is 0. The minimum absolute atomic E-state index is 0.0404. The SMILES string of the molecule is COc1ccc2nccc(NC(=O)C3CCN(CCc4ccc(F)cc4F)CC3)c2n1. The maximum Gasteiger partial charge on any atom is 0.227 e. The highest BCUT2D eigenvalue weighted by atomic mass is 19.1. The van der Waals surface area contributed by atoms with Crippen molar-refractivity contribution in [2.45, 2.75) is 19.3 Å². The van der Waals surface area contributed by atoms with E-state index in [4.69, 9.17) is 4.74 Å². The van der Waals surface area contributed by atoms with Crippen LogP contribution in [-0.4, -0.2) is 47.5 Å². The smallest absolute Gasteiger partial charge is 0.227 e. The topological polar surface area (TPSA) is 67.3 Å². The van der Waals surface area contributed by atoms with Crippen molar-refractivity contribution < 1.29 is 18.3 Å². The average Bonchev–Trinajstić information content (AvgIpc) is 2.79. The molecule has 1 aromatic carbocycles. The Hall–Kier alpha value is -3.13. The van der Waals surface area contributed by atoms with Crippen molar-refractivity contribution in [3.8, 4) is 5.88 Å². The maximum absolute atomic E-state index is 13.8. The number of hydrogen-bond donors (Lipinski definition) is 1. The number of pyridine rings is 2. The van der Waals surface area contributed by atoms with Crippen LogP contribution in [0.25, 0.3) is 11.0 Å². The monoisotopic (exact) mass is 426 g/mol. The number of fused-ring (bicyclic) bond motifs is 1. The van der Waals surface area contributed by atoms with Crippen LogP contribution < -0.4 is 10.1 Å². The standard InChI is InChI=1S/C23H24F2N4O2/c1-31-21-5-4-19-22(28-21)20(6-10-26-19)27-23(30)16-8-12-29(13-9-16)11-7-15-2-3-17(24)14-18(15)25/h2-6,10,14,16H,7-9,11-13H2,1H3,(H,26,27,30). The second-order valence-corrected chi connectivity index (χ2v) is 7.67. The number of likely N-dealkylation sites (tertiary alicyclic amines) is 1. The minimum Gasteiger partial charge on any atom is -0.481 e. The lowest BCUT2D eigenvalue weighted by Crippen LogP contribution is -2.39. The first-order valence-corrected chi connectivity index (χ1v) is 10.3. The minimum atomic E-state index is -0.566. The molecule has 0 radical (unpaired) electrons. The van der Waals surface area contributed by atoms with Gasteiger partial charge in [0.15, 0.2) is 0 Å². The Bertz CT molecular complexity index is 1080. The molecule has 3 heterocycles. The van der Waals surface area contributed by atoms with Crippen LogP contribution >= 0.6 is 0 Å². The van der Waals surface area contributed by atoms with Gasteiger partial charge in [0.25, 0.3) is 0 Å². The first-order chi connectivity index (χ1) is 15.0. The van der Waals surface area contributed by atoms with E-state index in [1.165, 1.54) is 12.1 Å². The molecule has 0 aliphatic carbocycles. The van der Waals surface area contributed by atoms with Crippen molar-refractivity contribution in [3.63, 3.8) is 0 Å². The lowest BCUT2D eigenvalue weighted by molar-refractivity contribution is -0.121. The van der Waals surface area contributed by atoms with Gasteiger partial charge >= 0.3 is 0 Å². The molecule has 162 valence electrons. The van der Waals surface area contributed by atoms with Gasteiger partial charge in [0.1, 0.15) is 17.2 Å². The van der Waals surface area contributed by atoms with E-state index >= 15 is 0 Å². The van der Waals surface area contributed by atoms with Crippen molar-refractivity contribution in [1.82, 2.24) is 14.9 Å². The number of carbonyl (C=O) groups is 1. The Morgan fingerprint density at radius 2 is 2.00 bits per heavy atom. The fourth-order valence-electron chi connectivity index (χ4n) is 3.88. The number of aromatic nitrogens is 2. The molecule has 1 aliphatic rings. The Balaban J connectivity index is 1.33. The normalized spacial score (nSPS) is 15.2. The molecule has 31 heavy (non-hydrogen) atoms. The number of piperidine rings is 1. The van der Waals surface area contributed by atoms with Crippen LogP contribution in [0.5, 0.6) is 5.88 Å². The summed E-state index contributed by atoms with van der Waals surface area (Å²) in [5.74, 6) is -0.761. The summed E-state index contributed by atoms with van der Waals surface area (Å²) in [6.07, 6.45) is 3.60. The number of hydrogen-bond acceptors (Lipinski definition) is 5. The van der Waals surface area contributed by atoms with Gasteiger partial charge in [-0.05, 0) is 56.1 Å². The third-order valence-electron chi connectivity index (χ3n) is 5.70. The van der Waals surface area contributed by atoms with Gasteiger partial charge in [-0.25, -0.2) is 13.8 Å². The predicted molar refractivity (Wildman–Crippen MR) is 114 cm³/mol. The summed E-state index contributed by atoms with van der Waals surface area (Å²) in [6, 6.07) is 8.96. The molecule has 1 saturated heterocycles. The molecule has 1 N–H and O–H groups in total. The lowest BCUT2D eigenvalue weighted by atomic mass is 9.95. The van der Waals surface area contributed by atoms with E-state index in [0.29, 0.717) is 41.1 Å². The third kappa shape index (κ3) is 4.96. The van der Waals surface area contributed by atoms with Crippen molar-refractivity contribution in [1.29, 1.82) is 0 Å². The Morgan fingerprint density at radius 1 is 1.19 bits per heavy atom. The number of halogens is 2. The number of carbonyl (C=O) groups excluding carboxylic acids is 1. The molecule has 1 amide bonds. The summed E-state index contributed by atoms with van der Waals surface area (Å²) in [5.41, 5.74) is 2.40. The van der Waals surface area contributed by atoms with E-state index in [-0.39, 0.29) is 11.8 Å². The van der Waals surface area contributed by atoms with Crippen LogP contribution in [0.2, 0.25) is 0 Å². The number of methoxy groups -OCH3 is 1. The lowest BCUT2D eigenvalue weighted by Gasteiger charge is -2.31. The van der Waals surface area contributed by atoms with Gasteiger partial charge < -0.3 is 15.0 Å². The van der Waals surface area contributed by atoms with E-state index in [1.54, 1.807) is 31.5 Å². The molecule has 0 atom stereocenters. The van der Waals surface area contributed by atoms with Gasteiger partial charge in [0.05, 0.1) is 18.3 Å². The van der Waals surface area contributed by atoms with Crippen LogP contribution in [0, 0.1) is 17.6 Å². The highest BCUT2D eigenvalue weighted by Gasteiger charge is 2.25. The number of nitrogens with one attached hydrogen (secondary N) is 1. The van der Waals surface area contributed by atoms with E-state index in [2.05, 4.69) is 20.2 Å². The van der Waals surface area contributed by atoms with Crippen molar-refractivity contribution in [2.24, 2.45) is 5.92 Å². The molecule has 1 aliphatic heterocycles. The van der Waals surface area contributed by atoms with E-state index in [1.807, 2.05) is 0 Å². The first-order valence-electron chi connectivity index (χ1n) is 10.3. The van der Waals surface area contributed by atoms with Gasteiger partial charge in [-0.3, -0.25) is 9.78 Å². The molecule has 3 aromatic rings. The molecule has 0 spiro atoms. The van der Waals surface area contributed by atoms with Gasteiger partial charge in [0, 0.05) is 30.8 Å². The maximum atomic E-state index is 13.8. The highest BCUT2D eigenvalue weighted by Crippen LogP contribution is 2.25. The van der Waals surface area contributed by atoms with Gasteiger partial charge in [-0.2, -0.15) is 0 Å². The molecule has 0 unspecified atom stereocenters. The van der Waals surface area contributed by atoms with Crippen LogP contribution in [0.3, 0.4) is 0 Å². The van der Waals surface area contributed by atoms with Gasteiger partial charge in [-0.15, -0.1) is 0 Å². The Labute approximate surface area is 179 Å². The van der Waals surface area contributed by atoms with E-state index < -0.39 is 11.6 Å². The second-order valence-electron chi connectivity index (χ2n) is 7.67. The fourth-order valence-corrected chi connectivity index (χ4v) is 3.88. The molecule has 0 bridgehead atoms. The van der Waals surface area contributed by atoms with Crippen molar-refractivity contribution in [2.75, 3.05) is 32.1 Å². The van der Waals surface area contributed by atoms with Crippen LogP contribution in [0.15, 0.2) is 42.6 Å². The van der Waals surface area contributed by atoms with Gasteiger partial charge in [-0.1, -0.05) is 6.07 Å². The van der Waals surface area contributed by atoms with E-state index in [9.17, 15) is 13.6 Å². The zero-order valence-corrected chi connectivity index (χ0v) is 17.3. The summed E-state index contributed by atoms with van der Waals surface area (Å²) in [4.78, 5) is 23.7. The van der Waals surface area contributed by atoms with Crippen molar-refractivity contribution in [3.05, 3.63) is 59.8 Å². The summed E-state index contributed by atoms with van der Waals surface area (Å²) in [7, 11) is 1.54. The average molecular weight is 426 g/mol. The number of nitrogens with zero attached hydrogens (tertiary/aromatic N) is 3. The number of ether oxygens (including phenoxy) is 1. The molecule has 4 rings (SSSR count). The molecule has 0 saturated carbocycles. The number of amides is 1. The van der Waals surface area contributed by atoms with Crippen LogP contribution in [-0.2, 0) is 11.2 Å². The summed E-state index contributed by atoms with van der Waals surface area (Å²) in [6.45, 7) is 2.18. The van der Waals surface area contributed by atoms with Crippen LogP contribution in [0.4, 0.5) is 14.5 Å². The Kier molecular flexibility index (Phi) is 6.36. The summed E-state index contributed by atoms with van der Waals surface area (Å²) < 4.78 is 32.0. The highest BCUT2D eigenvalue weighted by molar-refractivity contribution is 6.00. The largest absolute Gasteiger partial charge is 0.481 e. The molecular weight excluding hydrogens is 402 g/mol. The van der Waals surface area contributed by atoms with Crippen molar-refractivity contribution >= 4 is 22.6 Å². The van der Waals surface area contributed by atoms with Crippen LogP contribution in [0.1, 0.15) is 18.4 Å². The molecule has 1 fully saturated rings. The number of anilines is 1. The third-order valence-corrected chi connectivity index (χ3v) is 5.70. The zero-order chi connectivity index (χ0) is 21.8. The quantitative estimate of drug-likeness (QED) is 0.649. The molecule has 2 aromatic heterocycles. The molecule has 8 heteroatoms. The molecule has 6 nitrogen and oxygen atoms in total. The summed E-state index contributed by atoms with van der Waals surface area (Å²) in [5, 5.41) is 2.99. The fraction of sp³-hybridized carbons (Fsp3) is 0.348. The predicted octanol–water partition coefficient (Wildman–Crippen LogP) is 3.81. The molecular formula is C23H24F2N4O2. The number of benzene rings is 1. The van der Waals surface area contributed by atoms with Gasteiger partial charge in [0.2, 0.25) is 11.8 Å². The first kappa shape index (κ1) is 21.1. The second kappa shape index (κ2) is 9.34. The number of rotatable bonds is 6. The Morgan fingerprint density at radius 3 is 2.74 bits per heavy atom.